The molecule has 1 atom stereocenters. The van der Waals surface area contributed by atoms with Crippen molar-refractivity contribution in [2.24, 2.45) is 5.73 Å². The number of halogens is 4. The molecule has 0 radical (unpaired) electrons. The summed E-state index contributed by atoms with van der Waals surface area (Å²) in [7, 11) is 0. The monoisotopic (exact) mass is 299 g/mol. The Bertz CT molecular complexity index is 389. The van der Waals surface area contributed by atoms with Gasteiger partial charge in [0.15, 0.2) is 11.6 Å². The molecule has 0 aromatic heterocycles. The van der Waals surface area contributed by atoms with Crippen LogP contribution in [0.5, 0.6) is 5.75 Å². The van der Waals surface area contributed by atoms with Crippen LogP contribution in [0.4, 0.5) is 8.78 Å². The Hall–Kier alpha value is -0.390. The third-order valence-electron chi connectivity index (χ3n) is 2.21. The van der Waals surface area contributed by atoms with Crippen LogP contribution < -0.4 is 10.5 Å². The Balaban J connectivity index is 0.00000112. The van der Waals surface area contributed by atoms with Crippen molar-refractivity contribution in [1.29, 1.82) is 0 Å². The molecule has 0 aliphatic carbocycles. The number of rotatable bonds is 0. The van der Waals surface area contributed by atoms with Gasteiger partial charge in [-0.05, 0) is 22.0 Å². The largest absolute Gasteiger partial charge is 0.492 e. The molecule has 2 N–H and O–H groups in total. The number of nitrogens with two attached hydrogens (primary N) is 1. The molecule has 0 saturated heterocycles. The van der Waals surface area contributed by atoms with Gasteiger partial charge in [-0.1, -0.05) is 0 Å². The first-order valence-corrected chi connectivity index (χ1v) is 4.96. The Morgan fingerprint density at radius 2 is 2.13 bits per heavy atom. The van der Waals surface area contributed by atoms with Crippen LogP contribution >= 0.6 is 28.3 Å². The highest BCUT2D eigenvalue weighted by atomic mass is 79.9. The van der Waals surface area contributed by atoms with Crippen molar-refractivity contribution in [1.82, 2.24) is 0 Å². The van der Waals surface area contributed by atoms with Gasteiger partial charge in [0.2, 0.25) is 0 Å². The summed E-state index contributed by atoms with van der Waals surface area (Å²) in [4.78, 5) is 0. The second-order valence-electron chi connectivity index (χ2n) is 3.14. The van der Waals surface area contributed by atoms with Crippen LogP contribution in [0, 0.1) is 11.6 Å². The maximum Gasteiger partial charge on any atom is 0.167 e. The first-order chi connectivity index (χ1) is 6.61. The average molecular weight is 301 g/mol. The van der Waals surface area contributed by atoms with E-state index >= 15 is 0 Å². The highest BCUT2D eigenvalue weighted by molar-refractivity contribution is 9.10. The Morgan fingerprint density at radius 3 is 2.80 bits per heavy atom. The average Bonchev–Trinajstić information content (AvgIpc) is 2.14. The Morgan fingerprint density at radius 1 is 1.47 bits per heavy atom. The predicted octanol–water partition coefficient (Wildman–Crippen LogP) is 2.93. The van der Waals surface area contributed by atoms with E-state index in [1.54, 1.807) is 0 Å². The molecule has 2 nitrogen and oxygen atoms in total. The maximum absolute atomic E-state index is 13.4. The van der Waals surface area contributed by atoms with Crippen LogP contribution in [0.15, 0.2) is 10.5 Å². The SMILES string of the molecule is Cl.N[C@H]1CCOc2c(Br)cc(F)c(F)c21. The van der Waals surface area contributed by atoms with E-state index in [1.807, 2.05) is 0 Å². The molecule has 2 rings (SSSR count). The molecule has 0 bridgehead atoms. The van der Waals surface area contributed by atoms with Gasteiger partial charge in [-0.2, -0.15) is 0 Å². The molecule has 1 aliphatic heterocycles. The molecule has 1 aromatic carbocycles. The molecule has 84 valence electrons. The fourth-order valence-electron chi connectivity index (χ4n) is 1.51. The molecule has 0 spiro atoms. The molecule has 6 heteroatoms. The molecule has 1 heterocycles. The summed E-state index contributed by atoms with van der Waals surface area (Å²) in [5.41, 5.74) is 5.81. The number of ether oxygens (including phenoxy) is 1. The van der Waals surface area contributed by atoms with E-state index < -0.39 is 17.7 Å². The quantitative estimate of drug-likeness (QED) is 0.748. The zero-order chi connectivity index (χ0) is 10.3. The van der Waals surface area contributed by atoms with Crippen molar-refractivity contribution >= 4 is 28.3 Å². The Kier molecular flexibility index (Phi) is 3.92. The second kappa shape index (κ2) is 4.63. The standard InChI is InChI=1S/C9H8BrF2NO.ClH/c10-4-3-5(11)8(12)7-6(13)1-2-14-9(4)7;/h3,6H,1-2,13H2;1H/t6-;/m0./s1. The normalized spacial score (nSPS) is 18.8. The van der Waals surface area contributed by atoms with E-state index in [9.17, 15) is 8.78 Å². The van der Waals surface area contributed by atoms with Crippen LogP contribution in [0.2, 0.25) is 0 Å². The van der Waals surface area contributed by atoms with Crippen molar-refractivity contribution in [3.05, 3.63) is 27.7 Å². The molecule has 0 saturated carbocycles. The van der Waals surface area contributed by atoms with Crippen LogP contribution in [-0.2, 0) is 0 Å². The number of benzene rings is 1. The van der Waals surface area contributed by atoms with Crippen molar-refractivity contribution in [3.8, 4) is 5.75 Å². The molecular weight excluding hydrogens is 291 g/mol. The summed E-state index contributed by atoms with van der Waals surface area (Å²) < 4.78 is 32.0. The molecule has 0 unspecified atom stereocenters. The van der Waals surface area contributed by atoms with E-state index in [2.05, 4.69) is 15.9 Å². The predicted molar refractivity (Wildman–Crippen MR) is 58.3 cm³/mol. The second-order valence-corrected chi connectivity index (χ2v) is 3.99. The fraction of sp³-hybridized carbons (Fsp3) is 0.333. The van der Waals surface area contributed by atoms with Gasteiger partial charge < -0.3 is 10.5 Å². The fourth-order valence-corrected chi connectivity index (χ4v) is 2.04. The lowest BCUT2D eigenvalue weighted by atomic mass is 10.0. The maximum atomic E-state index is 13.4. The minimum atomic E-state index is -0.907. The van der Waals surface area contributed by atoms with Crippen molar-refractivity contribution in [3.63, 3.8) is 0 Å². The lowest BCUT2D eigenvalue weighted by molar-refractivity contribution is 0.259. The van der Waals surface area contributed by atoms with Gasteiger partial charge in [0.05, 0.1) is 16.6 Å². The number of hydrogen-bond acceptors (Lipinski definition) is 2. The van der Waals surface area contributed by atoms with Crippen molar-refractivity contribution < 1.29 is 13.5 Å². The highest BCUT2D eigenvalue weighted by Crippen LogP contribution is 2.39. The van der Waals surface area contributed by atoms with Crippen LogP contribution in [0.25, 0.3) is 0 Å². The zero-order valence-electron chi connectivity index (χ0n) is 7.60. The van der Waals surface area contributed by atoms with Gasteiger partial charge in [0.1, 0.15) is 5.75 Å². The van der Waals surface area contributed by atoms with Gasteiger partial charge in [-0.25, -0.2) is 8.78 Å². The molecule has 0 amide bonds. The Labute approximate surface area is 100 Å². The third-order valence-corrected chi connectivity index (χ3v) is 2.80. The van der Waals surface area contributed by atoms with E-state index in [-0.39, 0.29) is 18.0 Å². The van der Waals surface area contributed by atoms with E-state index in [4.69, 9.17) is 10.5 Å². The van der Waals surface area contributed by atoms with Crippen molar-refractivity contribution in [2.75, 3.05) is 6.61 Å². The molecule has 15 heavy (non-hydrogen) atoms. The molecule has 0 fully saturated rings. The van der Waals surface area contributed by atoms with Crippen molar-refractivity contribution in [2.45, 2.75) is 12.5 Å². The minimum Gasteiger partial charge on any atom is -0.492 e. The van der Waals surface area contributed by atoms with E-state index in [0.29, 0.717) is 23.2 Å². The van der Waals surface area contributed by atoms with E-state index in [0.717, 1.165) is 6.07 Å². The summed E-state index contributed by atoms with van der Waals surface area (Å²) in [6, 6.07) is 0.553. The minimum absolute atomic E-state index is 0. The van der Waals surface area contributed by atoms with Crippen LogP contribution in [-0.4, -0.2) is 6.61 Å². The smallest absolute Gasteiger partial charge is 0.167 e. The topological polar surface area (TPSA) is 35.2 Å². The first-order valence-electron chi connectivity index (χ1n) is 4.17. The summed E-state index contributed by atoms with van der Waals surface area (Å²) in [5.74, 6) is -1.49. The molecular formula is C9H9BrClF2NO. The summed E-state index contributed by atoms with van der Waals surface area (Å²) in [6.07, 6.45) is 0.500. The lowest BCUT2D eigenvalue weighted by Gasteiger charge is -2.24. The summed E-state index contributed by atoms with van der Waals surface area (Å²) >= 11 is 3.11. The van der Waals surface area contributed by atoms with Gasteiger partial charge in [0, 0.05) is 12.5 Å². The first kappa shape index (κ1) is 12.7. The van der Waals surface area contributed by atoms with Gasteiger partial charge in [0.25, 0.3) is 0 Å². The number of fused-ring (bicyclic) bond motifs is 1. The van der Waals surface area contributed by atoms with E-state index in [1.165, 1.54) is 0 Å². The van der Waals surface area contributed by atoms with Gasteiger partial charge in [-0.3, -0.25) is 0 Å². The summed E-state index contributed by atoms with van der Waals surface area (Å²) in [6.45, 7) is 0.428. The molecule has 1 aliphatic rings. The lowest BCUT2D eigenvalue weighted by Crippen LogP contribution is -2.22. The summed E-state index contributed by atoms with van der Waals surface area (Å²) in [5, 5.41) is 0. The highest BCUT2D eigenvalue weighted by Gasteiger charge is 2.26. The third kappa shape index (κ3) is 2.09. The van der Waals surface area contributed by atoms with Crippen LogP contribution in [0.1, 0.15) is 18.0 Å². The van der Waals surface area contributed by atoms with Crippen LogP contribution in [0.3, 0.4) is 0 Å². The van der Waals surface area contributed by atoms with Gasteiger partial charge >= 0.3 is 0 Å². The van der Waals surface area contributed by atoms with Gasteiger partial charge in [-0.15, -0.1) is 12.4 Å². The zero-order valence-corrected chi connectivity index (χ0v) is 10.00. The number of hydrogen-bond donors (Lipinski definition) is 1. The molecule has 1 aromatic rings.